The molecule has 0 amide bonds. The van der Waals surface area contributed by atoms with E-state index in [1.807, 2.05) is 6.07 Å². The number of nitro benzene ring substituents is 1. The number of anilines is 1. The number of aliphatic hydroxyl groups is 1. The third kappa shape index (κ3) is 3.80. The van der Waals surface area contributed by atoms with Crippen molar-refractivity contribution < 1.29 is 14.4 Å². The average molecular weight is 405 g/mol. The minimum Gasteiger partial charge on any atom is -0.466 e. The minimum atomic E-state index is -1.37. The monoisotopic (exact) mass is 405 g/mol. The molecule has 0 aliphatic carbocycles. The number of non-ortho nitro benzene ring substituents is 1. The van der Waals surface area contributed by atoms with Crippen LogP contribution in [0, 0.1) is 10.1 Å². The molecule has 4 rings (SSSR count). The van der Waals surface area contributed by atoms with E-state index in [1.54, 1.807) is 36.4 Å². The quantitative estimate of drug-likeness (QED) is 0.254. The summed E-state index contributed by atoms with van der Waals surface area (Å²) in [5.41, 5.74) is 2.85. The number of nitrogens with zero attached hydrogens (tertiary/aromatic N) is 3. The van der Waals surface area contributed by atoms with Crippen LogP contribution in [0.4, 0.5) is 11.4 Å². The number of para-hydroxylation sites is 1. The normalized spacial score (nSPS) is 12.6. The van der Waals surface area contributed by atoms with Crippen molar-refractivity contribution in [2.75, 3.05) is 5.43 Å². The molecule has 1 atom stereocenters. The smallest absolute Gasteiger partial charge is 0.276 e. The Kier molecular flexibility index (Phi) is 5.06. The topological polar surface area (TPSA) is 147 Å². The summed E-state index contributed by atoms with van der Waals surface area (Å²) in [5.74, 6) is 0.175. The summed E-state index contributed by atoms with van der Waals surface area (Å²) < 4.78 is 5.25. The van der Waals surface area contributed by atoms with Crippen LogP contribution in [0.3, 0.4) is 0 Å². The van der Waals surface area contributed by atoms with Crippen molar-refractivity contribution in [2.24, 2.45) is 5.10 Å². The Morgan fingerprint density at radius 2 is 2.00 bits per heavy atom. The molecule has 2 aromatic carbocycles. The first-order valence-corrected chi connectivity index (χ1v) is 8.82. The summed E-state index contributed by atoms with van der Waals surface area (Å²) in [6.45, 7) is 0. The van der Waals surface area contributed by atoms with Gasteiger partial charge in [-0.25, -0.2) is 4.98 Å². The number of aromatic amines is 1. The number of H-pyrrole nitrogens is 1. The number of benzene rings is 2. The molecule has 10 nitrogen and oxygen atoms in total. The molecule has 1 unspecified atom stereocenters. The van der Waals surface area contributed by atoms with Crippen LogP contribution >= 0.6 is 0 Å². The van der Waals surface area contributed by atoms with Crippen LogP contribution in [0.2, 0.25) is 0 Å². The maximum Gasteiger partial charge on any atom is 0.276 e. The maximum atomic E-state index is 12.7. The lowest BCUT2D eigenvalue weighted by atomic mass is 10.1. The van der Waals surface area contributed by atoms with Gasteiger partial charge in [0.1, 0.15) is 11.5 Å². The highest BCUT2D eigenvalue weighted by molar-refractivity contribution is 6.03. The van der Waals surface area contributed by atoms with Crippen LogP contribution in [-0.4, -0.2) is 25.7 Å². The third-order valence-corrected chi connectivity index (χ3v) is 4.28. The molecule has 0 bridgehead atoms. The Morgan fingerprint density at radius 1 is 1.20 bits per heavy atom. The number of nitrogens with one attached hydrogen (secondary N) is 2. The van der Waals surface area contributed by atoms with Crippen molar-refractivity contribution in [2.45, 2.75) is 6.10 Å². The minimum absolute atomic E-state index is 0.0738. The number of aromatic nitrogens is 2. The van der Waals surface area contributed by atoms with E-state index >= 15 is 0 Å². The molecule has 0 aliphatic heterocycles. The van der Waals surface area contributed by atoms with Crippen LogP contribution in [0.5, 0.6) is 0 Å². The van der Waals surface area contributed by atoms with Crippen molar-refractivity contribution in [1.82, 2.24) is 9.97 Å². The van der Waals surface area contributed by atoms with Crippen LogP contribution < -0.4 is 11.0 Å². The zero-order valence-electron chi connectivity index (χ0n) is 15.4. The highest BCUT2D eigenvalue weighted by atomic mass is 16.6. The van der Waals surface area contributed by atoms with E-state index in [-0.39, 0.29) is 28.4 Å². The largest absolute Gasteiger partial charge is 0.466 e. The van der Waals surface area contributed by atoms with E-state index in [4.69, 9.17) is 4.42 Å². The lowest BCUT2D eigenvalue weighted by molar-refractivity contribution is -0.384. The second-order valence-corrected chi connectivity index (χ2v) is 6.27. The zero-order valence-corrected chi connectivity index (χ0v) is 15.4. The van der Waals surface area contributed by atoms with E-state index in [2.05, 4.69) is 20.5 Å². The second-order valence-electron chi connectivity index (χ2n) is 6.27. The predicted octanol–water partition coefficient (Wildman–Crippen LogP) is 2.97. The molecule has 3 N–H and O–H groups in total. The molecule has 0 radical (unpaired) electrons. The molecule has 4 aromatic rings. The number of furan rings is 1. The van der Waals surface area contributed by atoms with E-state index in [0.29, 0.717) is 11.2 Å². The lowest BCUT2D eigenvalue weighted by Crippen LogP contribution is -2.26. The maximum absolute atomic E-state index is 12.7. The van der Waals surface area contributed by atoms with Gasteiger partial charge < -0.3 is 14.5 Å². The van der Waals surface area contributed by atoms with E-state index in [0.717, 1.165) is 0 Å². The summed E-state index contributed by atoms with van der Waals surface area (Å²) >= 11 is 0. The fourth-order valence-corrected chi connectivity index (χ4v) is 2.82. The number of nitro groups is 1. The van der Waals surface area contributed by atoms with Gasteiger partial charge in [-0.3, -0.25) is 20.3 Å². The standard InChI is InChI=1S/C20H15N5O5/c26-19(16-7-4-10-30-16)17(24-23-12-5-2-1-3-6-12)18-20(27)22-15-11-13(25(28)29)8-9-14(15)21-18/h1-11,19,23,26H,(H,22,27)/b24-17+. The Hall–Kier alpha value is -4.31. The van der Waals surface area contributed by atoms with Gasteiger partial charge >= 0.3 is 0 Å². The zero-order chi connectivity index (χ0) is 21.1. The Labute approximate surface area is 168 Å². The van der Waals surface area contributed by atoms with Crippen molar-refractivity contribution in [3.8, 4) is 0 Å². The molecular weight excluding hydrogens is 390 g/mol. The summed E-state index contributed by atoms with van der Waals surface area (Å²) in [6, 6.07) is 16.0. The van der Waals surface area contributed by atoms with E-state index in [9.17, 15) is 20.0 Å². The number of hydrogen-bond donors (Lipinski definition) is 3. The molecule has 0 saturated heterocycles. The number of rotatable bonds is 6. The Balaban J connectivity index is 1.82. The molecule has 0 fully saturated rings. The molecule has 2 aromatic heterocycles. The Morgan fingerprint density at radius 3 is 2.70 bits per heavy atom. The fourth-order valence-electron chi connectivity index (χ4n) is 2.82. The second kappa shape index (κ2) is 7.97. The first-order chi connectivity index (χ1) is 14.5. The van der Waals surface area contributed by atoms with Crippen LogP contribution in [-0.2, 0) is 0 Å². The van der Waals surface area contributed by atoms with Crippen LogP contribution in [0.1, 0.15) is 17.6 Å². The number of hydrogen-bond acceptors (Lipinski definition) is 8. The summed E-state index contributed by atoms with van der Waals surface area (Å²) in [7, 11) is 0. The third-order valence-electron chi connectivity index (χ3n) is 4.28. The molecule has 2 heterocycles. The van der Waals surface area contributed by atoms with Crippen molar-refractivity contribution in [3.63, 3.8) is 0 Å². The first-order valence-electron chi connectivity index (χ1n) is 8.82. The molecule has 150 valence electrons. The van der Waals surface area contributed by atoms with Crippen molar-refractivity contribution in [1.29, 1.82) is 0 Å². The number of fused-ring (bicyclic) bond motifs is 1. The molecule has 0 spiro atoms. The number of aliphatic hydroxyl groups excluding tert-OH is 1. The number of hydrazone groups is 1. The van der Waals surface area contributed by atoms with Gasteiger partial charge in [0.2, 0.25) is 0 Å². The van der Waals surface area contributed by atoms with Gasteiger partial charge in [-0.1, -0.05) is 18.2 Å². The summed E-state index contributed by atoms with van der Waals surface area (Å²) in [4.78, 5) is 29.9. The van der Waals surface area contributed by atoms with Gasteiger partial charge in [0, 0.05) is 12.1 Å². The van der Waals surface area contributed by atoms with Gasteiger partial charge in [0.05, 0.1) is 27.9 Å². The van der Waals surface area contributed by atoms with E-state index < -0.39 is 16.6 Å². The molecule has 30 heavy (non-hydrogen) atoms. The van der Waals surface area contributed by atoms with E-state index in [1.165, 1.54) is 24.5 Å². The van der Waals surface area contributed by atoms with Crippen LogP contribution in [0.15, 0.2) is 81.2 Å². The first kappa shape index (κ1) is 19.0. The molecule has 0 saturated carbocycles. The van der Waals surface area contributed by atoms with Crippen molar-refractivity contribution >= 4 is 28.1 Å². The van der Waals surface area contributed by atoms with Crippen LogP contribution in [0.25, 0.3) is 11.0 Å². The molecule has 0 aliphatic rings. The van der Waals surface area contributed by atoms with Gasteiger partial charge in [-0.15, -0.1) is 0 Å². The Bertz CT molecular complexity index is 1280. The fraction of sp³-hybridized carbons (Fsp3) is 0.0500. The average Bonchev–Trinajstić information content (AvgIpc) is 3.29. The highest BCUT2D eigenvalue weighted by Crippen LogP contribution is 2.21. The summed E-state index contributed by atoms with van der Waals surface area (Å²) in [6.07, 6.45) is 0.0122. The predicted molar refractivity (Wildman–Crippen MR) is 109 cm³/mol. The van der Waals surface area contributed by atoms with Gasteiger partial charge in [0.25, 0.3) is 11.2 Å². The lowest BCUT2D eigenvalue weighted by Gasteiger charge is -2.12. The van der Waals surface area contributed by atoms with Gasteiger partial charge in [0.15, 0.2) is 11.8 Å². The molecular formula is C20H15N5O5. The SMILES string of the molecule is O=c1[nH]c2cc([N+](=O)[O-])ccc2nc1/C(=N\Nc1ccccc1)C(O)c1ccco1. The molecule has 10 heteroatoms. The van der Waals surface area contributed by atoms with Crippen molar-refractivity contribution in [3.05, 3.63) is 98.8 Å². The van der Waals surface area contributed by atoms with Gasteiger partial charge in [-0.2, -0.15) is 5.10 Å². The highest BCUT2D eigenvalue weighted by Gasteiger charge is 2.25. The summed E-state index contributed by atoms with van der Waals surface area (Å²) in [5, 5.41) is 25.9. The van der Waals surface area contributed by atoms with Gasteiger partial charge in [-0.05, 0) is 30.3 Å².